The van der Waals surface area contributed by atoms with Gasteiger partial charge in [0.15, 0.2) is 0 Å². The zero-order valence-electron chi connectivity index (χ0n) is 6.27. The van der Waals surface area contributed by atoms with Crippen LogP contribution in [-0.4, -0.2) is 0 Å². The fourth-order valence-electron chi connectivity index (χ4n) is 0.596. The number of hydrogen-bond acceptors (Lipinski definition) is 2. The van der Waals surface area contributed by atoms with Crippen molar-refractivity contribution in [3.8, 4) is 5.40 Å². The third kappa shape index (κ3) is 7.49. The van der Waals surface area contributed by atoms with E-state index in [0.717, 1.165) is 5.56 Å². The molecule has 2 nitrogen and oxygen atoms in total. The second-order valence-corrected chi connectivity index (χ2v) is 1.94. The fourth-order valence-corrected chi connectivity index (χ4v) is 0.596. The third-order valence-electron chi connectivity index (χ3n) is 1.05. The van der Waals surface area contributed by atoms with E-state index in [-0.39, 0.29) is 16.5 Å². The smallest absolute Gasteiger partial charge is 0.696 e. The van der Waals surface area contributed by atoms with Gasteiger partial charge in [0.25, 0.3) is 0 Å². The average Bonchev–Trinajstić information content (AvgIpc) is 2.08. The van der Waals surface area contributed by atoms with Crippen LogP contribution in [0.4, 0.5) is 0 Å². The summed E-state index contributed by atoms with van der Waals surface area (Å²) in [5, 5.41) is 8.47. The van der Waals surface area contributed by atoms with Crippen LogP contribution in [0.2, 0.25) is 0 Å². The van der Waals surface area contributed by atoms with Crippen molar-refractivity contribution in [1.29, 1.82) is 5.26 Å². The Balaban J connectivity index is 0. The minimum absolute atomic E-state index is 0. The summed E-state index contributed by atoms with van der Waals surface area (Å²) >= 11 is 3.70. The predicted octanol–water partition coefficient (Wildman–Crippen LogP) is 2.25. The number of rotatable bonds is 1. The molecule has 0 saturated heterocycles. The Morgan fingerprint density at radius 1 is 1.33 bits per heavy atom. The molecule has 0 spiro atoms. The van der Waals surface area contributed by atoms with Crippen LogP contribution in [0.3, 0.4) is 0 Å². The van der Waals surface area contributed by atoms with Crippen LogP contribution in [0.25, 0.3) is 5.73 Å². The summed E-state index contributed by atoms with van der Waals surface area (Å²) in [6.45, 7) is 0.390. The topological polar surface area (TPSA) is 47.6 Å². The van der Waals surface area contributed by atoms with E-state index in [1.807, 2.05) is 30.3 Å². The van der Waals surface area contributed by atoms with E-state index in [2.05, 4.69) is 12.6 Å². The first kappa shape index (κ1) is 13.9. The minimum Gasteiger partial charge on any atom is -0.696 e. The van der Waals surface area contributed by atoms with Gasteiger partial charge in [0, 0.05) is 0 Å². The standard InChI is InChI=1S/C7H8N.CHNS.Ni/c8-6-7-4-2-1-3-5-7;2-1-3;/h1-5,8H,6H2;3H;/q-1;;+2/p-1. The number of benzene rings is 1. The number of nitrogens with one attached hydrogen (secondary N) is 1. The molecule has 0 aliphatic rings. The van der Waals surface area contributed by atoms with Crippen LogP contribution >= 0.6 is 0 Å². The molecule has 0 fully saturated rings. The van der Waals surface area contributed by atoms with E-state index in [1.165, 1.54) is 5.40 Å². The first-order valence-corrected chi connectivity index (χ1v) is 3.45. The first-order valence-electron chi connectivity index (χ1n) is 3.05. The van der Waals surface area contributed by atoms with Crippen LogP contribution in [0, 0.1) is 10.7 Å². The van der Waals surface area contributed by atoms with Crippen molar-refractivity contribution in [3.05, 3.63) is 41.6 Å². The van der Waals surface area contributed by atoms with Gasteiger partial charge in [0.2, 0.25) is 0 Å². The molecule has 12 heavy (non-hydrogen) atoms. The Morgan fingerprint density at radius 2 is 1.75 bits per heavy atom. The summed E-state index contributed by atoms with van der Waals surface area (Å²) in [6.07, 6.45) is 0. The van der Waals surface area contributed by atoms with E-state index in [0.29, 0.717) is 6.54 Å². The summed E-state index contributed by atoms with van der Waals surface area (Å²) < 4.78 is 0. The molecule has 66 valence electrons. The van der Waals surface area contributed by atoms with Gasteiger partial charge in [-0.3, -0.25) is 0 Å². The number of nitrogens with zero attached hydrogens (tertiary/aromatic N) is 1. The Hall–Kier alpha value is -0.616. The zero-order valence-corrected chi connectivity index (χ0v) is 8.07. The molecule has 4 heteroatoms. The Bertz CT molecular complexity index is 220. The average molecular weight is 223 g/mol. The van der Waals surface area contributed by atoms with Crippen molar-refractivity contribution in [2.45, 2.75) is 6.54 Å². The van der Waals surface area contributed by atoms with E-state index in [4.69, 9.17) is 11.0 Å². The molecular formula is C8H8N2NiS. The monoisotopic (exact) mass is 222 g/mol. The molecule has 1 N–H and O–H groups in total. The van der Waals surface area contributed by atoms with Crippen LogP contribution < -0.4 is 0 Å². The van der Waals surface area contributed by atoms with Crippen molar-refractivity contribution in [1.82, 2.24) is 0 Å². The van der Waals surface area contributed by atoms with Crippen molar-refractivity contribution < 1.29 is 16.5 Å². The summed E-state index contributed by atoms with van der Waals surface area (Å²) in [4.78, 5) is 0. The van der Waals surface area contributed by atoms with Crippen molar-refractivity contribution >= 4 is 12.6 Å². The molecule has 0 radical (unpaired) electrons. The van der Waals surface area contributed by atoms with Crippen molar-refractivity contribution in [2.24, 2.45) is 0 Å². The molecule has 0 amide bonds. The van der Waals surface area contributed by atoms with Crippen LogP contribution in [0.5, 0.6) is 0 Å². The van der Waals surface area contributed by atoms with E-state index in [1.54, 1.807) is 0 Å². The molecule has 0 unspecified atom stereocenters. The van der Waals surface area contributed by atoms with Gasteiger partial charge in [-0.15, -0.1) is 6.54 Å². The largest absolute Gasteiger partial charge is 2.00 e. The molecule has 0 aliphatic carbocycles. The van der Waals surface area contributed by atoms with Gasteiger partial charge in [-0.05, 0) is 0 Å². The maximum atomic E-state index is 7.13. The quantitative estimate of drug-likeness (QED) is 0.416. The molecule has 1 aromatic rings. The number of hydrogen-bond donors (Lipinski definition) is 0. The Labute approximate surface area is 88.1 Å². The predicted molar refractivity (Wildman–Crippen MR) is 47.4 cm³/mol. The number of nitriles is 1. The Kier molecular flexibility index (Phi) is 12.1. The van der Waals surface area contributed by atoms with Crippen LogP contribution in [-0.2, 0) is 35.7 Å². The zero-order chi connectivity index (χ0) is 8.53. The van der Waals surface area contributed by atoms with Crippen molar-refractivity contribution in [2.75, 3.05) is 0 Å². The summed E-state index contributed by atoms with van der Waals surface area (Å²) in [5.74, 6) is 0. The minimum atomic E-state index is 0. The molecule has 0 aliphatic heterocycles. The molecule has 0 heterocycles. The van der Waals surface area contributed by atoms with E-state index < -0.39 is 0 Å². The van der Waals surface area contributed by atoms with Crippen LogP contribution in [0.1, 0.15) is 5.56 Å². The molecule has 1 rings (SSSR count). The maximum Gasteiger partial charge on any atom is 2.00 e. The molecule has 0 atom stereocenters. The third-order valence-corrected chi connectivity index (χ3v) is 1.05. The molecule has 0 bridgehead atoms. The summed E-state index contributed by atoms with van der Waals surface area (Å²) in [7, 11) is 0. The molecule has 0 saturated carbocycles. The van der Waals surface area contributed by atoms with Crippen molar-refractivity contribution in [3.63, 3.8) is 0 Å². The van der Waals surface area contributed by atoms with E-state index >= 15 is 0 Å². The summed E-state index contributed by atoms with van der Waals surface area (Å²) in [5.41, 5.74) is 8.02. The molecule has 1 aromatic carbocycles. The second-order valence-electron chi connectivity index (χ2n) is 1.75. The first-order chi connectivity index (χ1) is 5.35. The van der Waals surface area contributed by atoms with Gasteiger partial charge in [-0.25, -0.2) is 5.26 Å². The molecule has 0 aromatic heterocycles. The van der Waals surface area contributed by atoms with Gasteiger partial charge in [-0.1, -0.05) is 41.3 Å². The summed E-state index contributed by atoms with van der Waals surface area (Å²) in [6, 6.07) is 9.76. The van der Waals surface area contributed by atoms with Gasteiger partial charge in [0.05, 0.1) is 0 Å². The van der Waals surface area contributed by atoms with Crippen LogP contribution in [0.15, 0.2) is 30.3 Å². The fraction of sp³-hybridized carbons (Fsp3) is 0.125. The Morgan fingerprint density at radius 3 is 2.00 bits per heavy atom. The van der Waals surface area contributed by atoms with Gasteiger partial charge < -0.3 is 18.4 Å². The second kappa shape index (κ2) is 10.4. The molecular weight excluding hydrogens is 215 g/mol. The van der Waals surface area contributed by atoms with E-state index in [9.17, 15) is 0 Å². The van der Waals surface area contributed by atoms with Gasteiger partial charge in [-0.2, -0.15) is 0 Å². The van der Waals surface area contributed by atoms with Gasteiger partial charge in [0.1, 0.15) is 0 Å². The maximum absolute atomic E-state index is 7.13. The van der Waals surface area contributed by atoms with Gasteiger partial charge >= 0.3 is 16.5 Å². The SMILES string of the molecule is N#C[S-].[NH-]Cc1ccccc1.[Ni+2]. The normalized spacial score (nSPS) is 6.67. The number of thiocyanates is 1.